The standard InChI is InChI=1S/C10H13FN2O2/c1-6-3-9(11)13-5-7(6)4-8(12)10(14)15-2/h3,5,8H,4,12H2,1-2H3/t8-/m1/s1. The number of hydrogen-bond acceptors (Lipinski definition) is 4. The minimum Gasteiger partial charge on any atom is -0.468 e. The van der Waals surface area contributed by atoms with Gasteiger partial charge in [0.2, 0.25) is 5.95 Å². The van der Waals surface area contributed by atoms with E-state index in [1.54, 1.807) is 6.92 Å². The SMILES string of the molecule is COC(=O)[C@H](N)Cc1cnc(F)cc1C. The zero-order valence-electron chi connectivity index (χ0n) is 8.66. The Kier molecular flexibility index (Phi) is 3.74. The van der Waals surface area contributed by atoms with Crippen LogP contribution in [-0.4, -0.2) is 24.1 Å². The van der Waals surface area contributed by atoms with Crippen LogP contribution < -0.4 is 5.73 Å². The molecule has 0 radical (unpaired) electrons. The lowest BCUT2D eigenvalue weighted by molar-refractivity contribution is -0.142. The van der Waals surface area contributed by atoms with Gasteiger partial charge in [-0.2, -0.15) is 4.39 Å². The third-order valence-corrected chi connectivity index (χ3v) is 2.13. The molecule has 0 bridgehead atoms. The monoisotopic (exact) mass is 212 g/mol. The lowest BCUT2D eigenvalue weighted by Crippen LogP contribution is -2.33. The van der Waals surface area contributed by atoms with Crippen LogP contribution in [0.4, 0.5) is 4.39 Å². The molecule has 5 heteroatoms. The van der Waals surface area contributed by atoms with Gasteiger partial charge < -0.3 is 10.5 Å². The van der Waals surface area contributed by atoms with Gasteiger partial charge in [-0.15, -0.1) is 0 Å². The van der Waals surface area contributed by atoms with Crippen LogP contribution in [0.5, 0.6) is 0 Å². The number of hydrogen-bond donors (Lipinski definition) is 1. The molecule has 1 aromatic heterocycles. The highest BCUT2D eigenvalue weighted by molar-refractivity contribution is 5.75. The molecule has 0 aliphatic carbocycles. The van der Waals surface area contributed by atoms with Gasteiger partial charge in [-0.1, -0.05) is 0 Å². The predicted molar refractivity (Wildman–Crippen MR) is 52.6 cm³/mol. The third kappa shape index (κ3) is 2.99. The van der Waals surface area contributed by atoms with Crippen molar-refractivity contribution in [2.75, 3.05) is 7.11 Å². The molecule has 1 rings (SSSR count). The number of ether oxygens (including phenoxy) is 1. The average Bonchev–Trinajstić information content (AvgIpc) is 2.20. The Morgan fingerprint density at radius 2 is 2.40 bits per heavy atom. The zero-order chi connectivity index (χ0) is 11.4. The smallest absolute Gasteiger partial charge is 0.322 e. The normalized spacial score (nSPS) is 12.3. The number of aryl methyl sites for hydroxylation is 1. The third-order valence-electron chi connectivity index (χ3n) is 2.13. The van der Waals surface area contributed by atoms with E-state index >= 15 is 0 Å². The number of carbonyl (C=O) groups is 1. The van der Waals surface area contributed by atoms with Crippen molar-refractivity contribution in [3.63, 3.8) is 0 Å². The van der Waals surface area contributed by atoms with Crippen LogP contribution in [0.1, 0.15) is 11.1 Å². The molecular formula is C10H13FN2O2. The van der Waals surface area contributed by atoms with Crippen molar-refractivity contribution in [3.05, 3.63) is 29.3 Å². The molecule has 4 nitrogen and oxygen atoms in total. The first-order chi connectivity index (χ1) is 7.04. The topological polar surface area (TPSA) is 65.2 Å². The molecule has 0 amide bonds. The van der Waals surface area contributed by atoms with Gasteiger partial charge in [0.15, 0.2) is 0 Å². The van der Waals surface area contributed by atoms with Gasteiger partial charge in [0.05, 0.1) is 7.11 Å². The second-order valence-corrected chi connectivity index (χ2v) is 3.27. The number of pyridine rings is 1. The van der Waals surface area contributed by atoms with Crippen molar-refractivity contribution < 1.29 is 13.9 Å². The lowest BCUT2D eigenvalue weighted by Gasteiger charge is -2.10. The fourth-order valence-electron chi connectivity index (χ4n) is 1.24. The minimum atomic E-state index is -0.735. The van der Waals surface area contributed by atoms with Crippen molar-refractivity contribution in [2.24, 2.45) is 5.73 Å². The maximum Gasteiger partial charge on any atom is 0.322 e. The first-order valence-corrected chi connectivity index (χ1v) is 4.49. The Morgan fingerprint density at radius 3 is 2.93 bits per heavy atom. The summed E-state index contributed by atoms with van der Waals surface area (Å²) < 4.78 is 17.2. The van der Waals surface area contributed by atoms with E-state index in [9.17, 15) is 9.18 Å². The second-order valence-electron chi connectivity index (χ2n) is 3.27. The molecular weight excluding hydrogens is 199 g/mol. The molecule has 0 unspecified atom stereocenters. The molecule has 1 atom stereocenters. The summed E-state index contributed by atoms with van der Waals surface area (Å²) in [5, 5.41) is 0. The highest BCUT2D eigenvalue weighted by atomic mass is 19.1. The van der Waals surface area contributed by atoms with Crippen molar-refractivity contribution in [2.45, 2.75) is 19.4 Å². The van der Waals surface area contributed by atoms with Crippen LogP contribution in [0.3, 0.4) is 0 Å². The molecule has 0 saturated heterocycles. The van der Waals surface area contributed by atoms with Crippen LogP contribution in [-0.2, 0) is 16.0 Å². The van der Waals surface area contributed by atoms with Crippen LogP contribution in [0.15, 0.2) is 12.3 Å². The Hall–Kier alpha value is -1.49. The maximum absolute atomic E-state index is 12.7. The quantitative estimate of drug-likeness (QED) is 0.587. The van der Waals surface area contributed by atoms with Crippen LogP contribution in [0, 0.1) is 12.9 Å². The van der Waals surface area contributed by atoms with E-state index in [1.165, 1.54) is 19.4 Å². The Morgan fingerprint density at radius 1 is 1.73 bits per heavy atom. The van der Waals surface area contributed by atoms with Gasteiger partial charge in [0, 0.05) is 12.6 Å². The fourth-order valence-corrected chi connectivity index (χ4v) is 1.24. The van der Waals surface area contributed by atoms with Crippen molar-refractivity contribution in [3.8, 4) is 0 Å². The van der Waals surface area contributed by atoms with E-state index in [0.29, 0.717) is 6.42 Å². The summed E-state index contributed by atoms with van der Waals surface area (Å²) in [7, 11) is 1.28. The van der Waals surface area contributed by atoms with Crippen molar-refractivity contribution in [1.82, 2.24) is 4.98 Å². The number of esters is 1. The molecule has 1 heterocycles. The molecule has 15 heavy (non-hydrogen) atoms. The predicted octanol–water partition coefficient (Wildman–Crippen LogP) is 0.572. The second kappa shape index (κ2) is 4.84. The van der Waals surface area contributed by atoms with Gasteiger partial charge in [0.25, 0.3) is 0 Å². The first kappa shape index (κ1) is 11.6. The first-order valence-electron chi connectivity index (χ1n) is 4.49. The summed E-state index contributed by atoms with van der Waals surface area (Å²) >= 11 is 0. The summed E-state index contributed by atoms with van der Waals surface area (Å²) in [4.78, 5) is 14.6. The van der Waals surface area contributed by atoms with E-state index in [0.717, 1.165) is 11.1 Å². The van der Waals surface area contributed by atoms with Crippen LogP contribution in [0.2, 0.25) is 0 Å². The lowest BCUT2D eigenvalue weighted by atomic mass is 10.0. The van der Waals surface area contributed by atoms with Crippen LogP contribution >= 0.6 is 0 Å². The Balaban J connectivity index is 2.76. The van der Waals surface area contributed by atoms with E-state index in [-0.39, 0.29) is 0 Å². The van der Waals surface area contributed by atoms with Crippen molar-refractivity contribution >= 4 is 5.97 Å². The molecule has 0 aliphatic rings. The summed E-state index contributed by atoms with van der Waals surface area (Å²) in [5.41, 5.74) is 7.04. The number of nitrogens with zero attached hydrogens (tertiary/aromatic N) is 1. The highest BCUT2D eigenvalue weighted by Gasteiger charge is 2.15. The summed E-state index contributed by atoms with van der Waals surface area (Å²) in [6.45, 7) is 1.74. The number of aromatic nitrogens is 1. The average molecular weight is 212 g/mol. The van der Waals surface area contributed by atoms with Crippen LogP contribution in [0.25, 0.3) is 0 Å². The largest absolute Gasteiger partial charge is 0.468 e. The van der Waals surface area contributed by atoms with E-state index in [1.807, 2.05) is 0 Å². The molecule has 0 saturated carbocycles. The molecule has 0 aliphatic heterocycles. The van der Waals surface area contributed by atoms with Gasteiger partial charge in [-0.25, -0.2) is 4.98 Å². The number of halogens is 1. The molecule has 0 spiro atoms. The van der Waals surface area contributed by atoms with E-state index in [4.69, 9.17) is 5.73 Å². The number of nitrogens with two attached hydrogens (primary N) is 1. The molecule has 1 aromatic rings. The van der Waals surface area contributed by atoms with Crippen molar-refractivity contribution in [1.29, 1.82) is 0 Å². The Labute approximate surface area is 87.3 Å². The number of methoxy groups -OCH3 is 1. The molecule has 2 N–H and O–H groups in total. The molecule has 0 fully saturated rings. The summed E-state index contributed by atoms with van der Waals surface area (Å²) in [6.07, 6.45) is 1.68. The minimum absolute atomic E-state index is 0.297. The van der Waals surface area contributed by atoms with Gasteiger partial charge in [-0.05, 0) is 24.1 Å². The fraction of sp³-hybridized carbons (Fsp3) is 0.400. The maximum atomic E-state index is 12.7. The van der Waals surface area contributed by atoms with E-state index < -0.39 is 18.0 Å². The van der Waals surface area contributed by atoms with Gasteiger partial charge >= 0.3 is 5.97 Å². The zero-order valence-corrected chi connectivity index (χ0v) is 8.66. The van der Waals surface area contributed by atoms with Gasteiger partial charge in [0.1, 0.15) is 6.04 Å². The highest BCUT2D eigenvalue weighted by Crippen LogP contribution is 2.09. The number of carbonyl (C=O) groups excluding carboxylic acids is 1. The Bertz CT molecular complexity index is 368. The summed E-state index contributed by atoms with van der Waals surface area (Å²) in [6, 6.07) is 0.570. The van der Waals surface area contributed by atoms with Gasteiger partial charge in [-0.3, -0.25) is 4.79 Å². The molecule has 82 valence electrons. The number of rotatable bonds is 3. The summed E-state index contributed by atoms with van der Waals surface area (Å²) in [5.74, 6) is -1.03. The molecule has 0 aromatic carbocycles. The van der Waals surface area contributed by atoms with E-state index in [2.05, 4.69) is 9.72 Å².